The van der Waals surface area contributed by atoms with Crippen molar-refractivity contribution in [2.75, 3.05) is 0 Å². The van der Waals surface area contributed by atoms with Gasteiger partial charge >= 0.3 is 6.09 Å². The van der Waals surface area contributed by atoms with Crippen LogP contribution < -0.4 is 16.2 Å². The molecule has 1 atom stereocenters. The Labute approximate surface area is 109 Å². The minimum atomic E-state index is -1.60. The first kappa shape index (κ1) is 14.5. The maximum Gasteiger partial charge on any atom is 0.408 e. The lowest BCUT2D eigenvalue weighted by molar-refractivity contribution is -0.308. The number of benzene rings is 1. The molecule has 1 aromatic rings. The number of ether oxygens (including phenoxy) is 1. The van der Waals surface area contributed by atoms with E-state index in [-0.39, 0.29) is 6.61 Å². The maximum atomic E-state index is 11.3. The molecule has 0 aliphatic carbocycles. The Bertz CT molecular complexity index is 460. The zero-order valence-corrected chi connectivity index (χ0v) is 10.00. The van der Waals surface area contributed by atoms with E-state index in [0.717, 1.165) is 5.56 Å². The molecule has 0 saturated carbocycles. The molecule has 0 fully saturated rings. The number of alkyl carbamates (subject to hydrolysis) is 1. The Morgan fingerprint density at radius 3 is 2.42 bits per heavy atom. The van der Waals surface area contributed by atoms with Gasteiger partial charge in [0.1, 0.15) is 6.61 Å². The fraction of sp³-hybridized carbons (Fsp3) is 0.250. The fourth-order valence-corrected chi connectivity index (χ4v) is 1.30. The summed E-state index contributed by atoms with van der Waals surface area (Å²) in [6, 6.07) is 7.34. The average Bonchev–Trinajstić information content (AvgIpc) is 2.36. The number of nitrogens with one attached hydrogen (secondary N) is 1. The van der Waals surface area contributed by atoms with Gasteiger partial charge in [0.15, 0.2) is 0 Å². The summed E-state index contributed by atoms with van der Waals surface area (Å²) in [5, 5.41) is 12.6. The number of rotatable bonds is 6. The van der Waals surface area contributed by atoms with Crippen LogP contribution in [0, 0.1) is 0 Å². The summed E-state index contributed by atoms with van der Waals surface area (Å²) in [5.41, 5.74) is 5.60. The predicted molar refractivity (Wildman–Crippen MR) is 62.4 cm³/mol. The van der Waals surface area contributed by atoms with E-state index in [1.165, 1.54) is 0 Å². The van der Waals surface area contributed by atoms with Gasteiger partial charge in [0.2, 0.25) is 5.91 Å². The molecule has 3 N–H and O–H groups in total. The second-order valence-corrected chi connectivity index (χ2v) is 3.75. The zero-order valence-electron chi connectivity index (χ0n) is 10.00. The molecule has 1 aromatic carbocycles. The van der Waals surface area contributed by atoms with Crippen molar-refractivity contribution in [1.29, 1.82) is 0 Å². The van der Waals surface area contributed by atoms with Crippen molar-refractivity contribution in [3.63, 3.8) is 0 Å². The third-order valence-electron chi connectivity index (χ3n) is 2.19. The van der Waals surface area contributed by atoms with Gasteiger partial charge in [-0.2, -0.15) is 0 Å². The van der Waals surface area contributed by atoms with Gasteiger partial charge in [-0.25, -0.2) is 4.79 Å². The first-order valence-corrected chi connectivity index (χ1v) is 5.45. The van der Waals surface area contributed by atoms with E-state index >= 15 is 0 Å². The molecule has 0 spiro atoms. The number of primary amides is 1. The van der Waals surface area contributed by atoms with Crippen LogP contribution in [0.1, 0.15) is 12.0 Å². The van der Waals surface area contributed by atoms with Crippen LogP contribution in [-0.2, 0) is 20.9 Å². The molecule has 7 heteroatoms. The normalized spacial score (nSPS) is 11.4. The van der Waals surface area contributed by atoms with E-state index in [1.54, 1.807) is 24.3 Å². The Morgan fingerprint density at radius 1 is 1.26 bits per heavy atom. The molecule has 102 valence electrons. The van der Waals surface area contributed by atoms with E-state index in [4.69, 9.17) is 10.5 Å². The van der Waals surface area contributed by atoms with Gasteiger partial charge in [-0.15, -0.1) is 0 Å². The van der Waals surface area contributed by atoms with Crippen LogP contribution in [0.15, 0.2) is 30.3 Å². The molecule has 7 nitrogen and oxygen atoms in total. The van der Waals surface area contributed by atoms with Crippen LogP contribution in [0.4, 0.5) is 4.79 Å². The van der Waals surface area contributed by atoms with E-state index in [1.807, 2.05) is 11.4 Å². The lowest BCUT2D eigenvalue weighted by Gasteiger charge is -2.17. The smallest absolute Gasteiger partial charge is 0.408 e. The quantitative estimate of drug-likeness (QED) is 0.676. The summed E-state index contributed by atoms with van der Waals surface area (Å²) in [6.45, 7) is -0.0109. The van der Waals surface area contributed by atoms with Gasteiger partial charge in [-0.05, 0) is 5.56 Å². The van der Waals surface area contributed by atoms with Crippen molar-refractivity contribution in [3.8, 4) is 0 Å². The molecule has 0 saturated heterocycles. The minimum Gasteiger partial charge on any atom is -0.548 e. The molecular formula is C12H13N2O5-. The molecule has 0 radical (unpaired) electrons. The lowest BCUT2D eigenvalue weighted by atomic mass is 10.2. The van der Waals surface area contributed by atoms with Gasteiger partial charge < -0.3 is 25.7 Å². The highest BCUT2D eigenvalue weighted by molar-refractivity contribution is 5.85. The van der Waals surface area contributed by atoms with Gasteiger partial charge in [0, 0.05) is 0 Å². The monoisotopic (exact) mass is 265 g/mol. The number of carboxylic acids is 1. The average molecular weight is 265 g/mol. The van der Waals surface area contributed by atoms with Crippen molar-refractivity contribution in [2.45, 2.75) is 19.1 Å². The van der Waals surface area contributed by atoms with Crippen LogP contribution in [-0.4, -0.2) is 24.0 Å². The Morgan fingerprint density at radius 2 is 1.89 bits per heavy atom. The standard InChI is InChI=1S/C12H14N2O5/c13-10(15)6-9(11(16)17)14-12(18)19-7-8-4-2-1-3-5-8/h1-5,9H,6-7H2,(H2,13,15)(H,14,18)(H,16,17)/p-1/t9-/m0/s1. The third kappa shape index (κ3) is 5.53. The van der Waals surface area contributed by atoms with Crippen LogP contribution in [0.3, 0.4) is 0 Å². The third-order valence-corrected chi connectivity index (χ3v) is 2.19. The SMILES string of the molecule is NC(=O)C[C@H](NC(=O)OCc1ccccc1)C(=O)[O-]. The van der Waals surface area contributed by atoms with Crippen LogP contribution in [0.5, 0.6) is 0 Å². The second-order valence-electron chi connectivity index (χ2n) is 3.75. The van der Waals surface area contributed by atoms with E-state index in [0.29, 0.717) is 0 Å². The van der Waals surface area contributed by atoms with Crippen molar-refractivity contribution < 1.29 is 24.2 Å². The van der Waals surface area contributed by atoms with Crippen LogP contribution >= 0.6 is 0 Å². The molecule has 0 aliphatic rings. The lowest BCUT2D eigenvalue weighted by Crippen LogP contribution is -2.49. The van der Waals surface area contributed by atoms with E-state index < -0.39 is 30.4 Å². The highest BCUT2D eigenvalue weighted by Gasteiger charge is 2.16. The van der Waals surface area contributed by atoms with Gasteiger partial charge in [-0.1, -0.05) is 30.3 Å². The molecular weight excluding hydrogens is 252 g/mol. The van der Waals surface area contributed by atoms with Crippen LogP contribution in [0.25, 0.3) is 0 Å². The zero-order chi connectivity index (χ0) is 14.3. The highest BCUT2D eigenvalue weighted by atomic mass is 16.5. The Balaban J connectivity index is 2.45. The number of nitrogens with two attached hydrogens (primary N) is 1. The summed E-state index contributed by atoms with van der Waals surface area (Å²) in [4.78, 5) is 32.6. The van der Waals surface area contributed by atoms with E-state index in [2.05, 4.69) is 0 Å². The van der Waals surface area contributed by atoms with Gasteiger partial charge in [-0.3, -0.25) is 4.79 Å². The minimum absolute atomic E-state index is 0.0109. The molecule has 0 heterocycles. The van der Waals surface area contributed by atoms with E-state index in [9.17, 15) is 19.5 Å². The Hall–Kier alpha value is -2.57. The molecule has 0 aliphatic heterocycles. The second kappa shape index (κ2) is 7.00. The largest absolute Gasteiger partial charge is 0.548 e. The summed E-state index contributed by atoms with van der Waals surface area (Å²) >= 11 is 0. The number of carbonyl (C=O) groups excluding carboxylic acids is 3. The van der Waals surface area contributed by atoms with Crippen molar-refractivity contribution in [3.05, 3.63) is 35.9 Å². The van der Waals surface area contributed by atoms with Gasteiger partial charge in [0.25, 0.3) is 0 Å². The molecule has 1 rings (SSSR count). The molecule has 19 heavy (non-hydrogen) atoms. The number of carboxylic acid groups (broad SMARTS) is 1. The molecule has 0 unspecified atom stereocenters. The number of carbonyl (C=O) groups is 3. The number of hydrogen-bond donors (Lipinski definition) is 2. The Kier molecular flexibility index (Phi) is 5.34. The first-order valence-electron chi connectivity index (χ1n) is 5.45. The van der Waals surface area contributed by atoms with Gasteiger partial charge in [0.05, 0.1) is 18.4 Å². The number of hydrogen-bond acceptors (Lipinski definition) is 5. The molecule has 2 amide bonds. The van der Waals surface area contributed by atoms with Crippen LogP contribution in [0.2, 0.25) is 0 Å². The summed E-state index contributed by atoms with van der Waals surface area (Å²) in [7, 11) is 0. The number of aliphatic carboxylic acids is 1. The number of amides is 2. The topological polar surface area (TPSA) is 122 Å². The molecule has 0 aromatic heterocycles. The first-order chi connectivity index (χ1) is 8.99. The maximum absolute atomic E-state index is 11.3. The van der Waals surface area contributed by atoms with Crippen molar-refractivity contribution in [2.24, 2.45) is 5.73 Å². The highest BCUT2D eigenvalue weighted by Crippen LogP contribution is 2.01. The molecule has 0 bridgehead atoms. The van der Waals surface area contributed by atoms with Crippen molar-refractivity contribution in [1.82, 2.24) is 5.32 Å². The van der Waals surface area contributed by atoms with Crippen molar-refractivity contribution >= 4 is 18.0 Å². The predicted octanol–water partition coefficient (Wildman–Crippen LogP) is -1.09. The summed E-state index contributed by atoms with van der Waals surface area (Å²) in [5.74, 6) is -2.46. The summed E-state index contributed by atoms with van der Waals surface area (Å²) < 4.78 is 4.80. The fourth-order valence-electron chi connectivity index (χ4n) is 1.30. The summed E-state index contributed by atoms with van der Waals surface area (Å²) in [6.07, 6.45) is -1.51.